The largest absolute Gasteiger partial charge is 0.287 e. The molecule has 0 fully saturated rings. The van der Waals surface area contributed by atoms with Gasteiger partial charge in [0.25, 0.3) is 0 Å². The minimum atomic E-state index is 0. The third-order valence-corrected chi connectivity index (χ3v) is 14.2. The van der Waals surface area contributed by atoms with Crippen LogP contribution in [0.3, 0.4) is 0 Å². The lowest BCUT2D eigenvalue weighted by atomic mass is 9.81. The molecule has 4 aromatic heterocycles. The maximum atomic E-state index is 4.63. The smallest absolute Gasteiger partial charge is 0.0625 e. The van der Waals surface area contributed by atoms with E-state index in [-0.39, 0.29) is 58.7 Å². The van der Waals surface area contributed by atoms with Crippen LogP contribution in [-0.2, 0) is 26.2 Å². The number of rotatable bonds is 0. The summed E-state index contributed by atoms with van der Waals surface area (Å²) in [5.74, 6) is 0. The molecule has 8 rings (SSSR count). The van der Waals surface area contributed by atoms with Crippen molar-refractivity contribution in [1.82, 2.24) is 39.5 Å². The zero-order valence-corrected chi connectivity index (χ0v) is 47.6. The molecule has 4 aliphatic heterocycles. The second-order valence-corrected chi connectivity index (χ2v) is 28.5. The van der Waals surface area contributed by atoms with E-state index in [9.17, 15) is 0 Å². The molecule has 4 aliphatic rings. The van der Waals surface area contributed by atoms with Crippen LogP contribution < -0.4 is 0 Å². The average Bonchev–Trinajstić information content (AvgIpc) is 3.97. The van der Waals surface area contributed by atoms with Crippen molar-refractivity contribution in [3.05, 3.63) is 118 Å². The molecule has 0 radical (unpaired) electrons. The summed E-state index contributed by atoms with van der Waals surface area (Å²) < 4.78 is 0. The van der Waals surface area contributed by atoms with Gasteiger partial charge in [0.2, 0.25) is 0 Å². The van der Waals surface area contributed by atoms with Gasteiger partial charge in [0.1, 0.15) is 0 Å². The Balaban J connectivity index is 0.000000245. The highest BCUT2D eigenvalue weighted by Crippen LogP contribution is 2.51. The van der Waals surface area contributed by atoms with Crippen molar-refractivity contribution < 1.29 is 0 Å². The van der Waals surface area contributed by atoms with Gasteiger partial charge in [-0.05, 0) is 162 Å². The van der Waals surface area contributed by atoms with Gasteiger partial charge in [-0.15, -0.1) is 0 Å². The van der Waals surface area contributed by atoms with Crippen molar-refractivity contribution >= 4 is 0 Å². The standard InChI is InChI=1S/4C15H24N2.2CH4/c1-14(2,3)13-12-7-8-16-9-11(12)10-17(13)15(4,5)6;1-14(2,3)13-12-9-16-8-7-11(12)10-17(13)15(4,5)6;1-14(2,3)13-11-8-7-9-16-12(11)10-17(13)15(4,5)6;1-14(2,3)13-12-11(8-7-9-16-12)10-17(13)15(4,5)6;;/h4*7-9,13H,10H2,1-6H3;2*1H4. The number of aromatic nitrogens is 4. The fourth-order valence-electron chi connectivity index (χ4n) is 11.2. The molecule has 0 spiro atoms. The number of hydrogen-bond donors (Lipinski definition) is 0. The van der Waals surface area contributed by atoms with E-state index in [4.69, 9.17) is 0 Å². The summed E-state index contributed by atoms with van der Waals surface area (Å²) in [6.45, 7) is 59.4. The summed E-state index contributed by atoms with van der Waals surface area (Å²) in [4.78, 5) is 28.1. The second-order valence-electron chi connectivity index (χ2n) is 28.5. The van der Waals surface area contributed by atoms with E-state index in [2.05, 4.69) is 242 Å². The molecule has 8 nitrogen and oxygen atoms in total. The van der Waals surface area contributed by atoms with Crippen molar-refractivity contribution in [2.45, 2.75) is 254 Å². The van der Waals surface area contributed by atoms with E-state index in [0.29, 0.717) is 24.2 Å². The first-order chi connectivity index (χ1) is 30.8. The van der Waals surface area contributed by atoms with Crippen molar-refractivity contribution in [2.24, 2.45) is 21.7 Å². The lowest BCUT2D eigenvalue weighted by Crippen LogP contribution is -2.44. The van der Waals surface area contributed by atoms with Crippen LogP contribution in [0.1, 0.15) is 250 Å². The Kier molecular flexibility index (Phi) is 18.7. The zero-order valence-electron chi connectivity index (χ0n) is 47.6. The number of nitrogens with zero attached hydrogens (tertiary/aromatic N) is 8. The molecule has 0 saturated carbocycles. The van der Waals surface area contributed by atoms with Crippen molar-refractivity contribution in [3.8, 4) is 0 Å². The van der Waals surface area contributed by atoms with Crippen LogP contribution in [0.4, 0.5) is 0 Å². The molecule has 70 heavy (non-hydrogen) atoms. The first-order valence-electron chi connectivity index (χ1n) is 25.6. The fraction of sp³-hybridized carbons (Fsp3) is 0.677. The summed E-state index contributed by atoms with van der Waals surface area (Å²) in [7, 11) is 0. The highest BCUT2D eigenvalue weighted by atomic mass is 15.3. The van der Waals surface area contributed by atoms with Crippen LogP contribution in [0, 0.1) is 21.7 Å². The van der Waals surface area contributed by atoms with Crippen molar-refractivity contribution in [3.63, 3.8) is 0 Å². The van der Waals surface area contributed by atoms with Crippen LogP contribution in [0.15, 0.2) is 73.6 Å². The van der Waals surface area contributed by atoms with Gasteiger partial charge < -0.3 is 0 Å². The van der Waals surface area contributed by atoms with E-state index in [1.165, 1.54) is 44.8 Å². The summed E-state index contributed by atoms with van der Waals surface area (Å²) in [5, 5.41) is 0. The van der Waals surface area contributed by atoms with E-state index >= 15 is 0 Å². The molecule has 0 amide bonds. The number of hydrogen-bond acceptors (Lipinski definition) is 8. The predicted octanol–water partition coefficient (Wildman–Crippen LogP) is 16.4. The lowest BCUT2D eigenvalue weighted by molar-refractivity contribution is 0.0292. The summed E-state index contributed by atoms with van der Waals surface area (Å²) in [5.41, 5.74) is 12.7. The first-order valence-corrected chi connectivity index (χ1v) is 25.6. The monoisotopic (exact) mass is 961 g/mol. The minimum Gasteiger partial charge on any atom is -0.287 e. The third kappa shape index (κ3) is 13.9. The van der Waals surface area contributed by atoms with Crippen LogP contribution in [0.25, 0.3) is 0 Å². The quantitative estimate of drug-likeness (QED) is 0.173. The molecule has 0 N–H and O–H groups in total. The molecule has 4 unspecified atom stereocenters. The Morgan fingerprint density at radius 2 is 0.743 bits per heavy atom. The molecule has 0 aromatic carbocycles. The maximum Gasteiger partial charge on any atom is 0.0625 e. The Hall–Kier alpha value is -3.56. The maximum absolute atomic E-state index is 4.63. The van der Waals surface area contributed by atoms with E-state index in [1.807, 2.05) is 37.1 Å². The Morgan fingerprint density at radius 3 is 1.24 bits per heavy atom. The average molecular weight is 962 g/mol. The van der Waals surface area contributed by atoms with Gasteiger partial charge in [-0.3, -0.25) is 39.5 Å². The Bertz CT molecular complexity index is 1970. The molecular weight excluding hydrogens is 857 g/mol. The predicted molar refractivity (Wildman–Crippen MR) is 300 cm³/mol. The highest BCUT2D eigenvalue weighted by Gasteiger charge is 2.46. The van der Waals surface area contributed by atoms with E-state index in [0.717, 1.165) is 26.2 Å². The molecule has 4 atom stereocenters. The second kappa shape index (κ2) is 21.5. The van der Waals surface area contributed by atoms with Crippen LogP contribution in [-0.4, -0.2) is 61.7 Å². The first kappa shape index (κ1) is 60.7. The zero-order chi connectivity index (χ0) is 51.4. The molecule has 4 aromatic rings. The van der Waals surface area contributed by atoms with Gasteiger partial charge in [-0.1, -0.05) is 110 Å². The van der Waals surface area contributed by atoms with Crippen LogP contribution in [0.2, 0.25) is 0 Å². The van der Waals surface area contributed by atoms with E-state index < -0.39 is 0 Å². The van der Waals surface area contributed by atoms with Gasteiger partial charge in [-0.2, -0.15) is 0 Å². The molecule has 0 bridgehead atoms. The number of pyridine rings is 4. The van der Waals surface area contributed by atoms with Crippen LogP contribution >= 0.6 is 0 Å². The third-order valence-electron chi connectivity index (χ3n) is 14.2. The van der Waals surface area contributed by atoms with Gasteiger partial charge in [0, 0.05) is 104 Å². The fourth-order valence-corrected chi connectivity index (χ4v) is 11.2. The summed E-state index contributed by atoms with van der Waals surface area (Å²) >= 11 is 0. The van der Waals surface area contributed by atoms with Gasteiger partial charge in [0.05, 0.1) is 17.4 Å². The van der Waals surface area contributed by atoms with Crippen molar-refractivity contribution in [2.75, 3.05) is 0 Å². The van der Waals surface area contributed by atoms with Gasteiger partial charge in [-0.25, -0.2) is 0 Å². The summed E-state index contributed by atoms with van der Waals surface area (Å²) in [6.07, 6.45) is 11.7. The van der Waals surface area contributed by atoms with E-state index in [1.54, 1.807) is 0 Å². The molecule has 8 heterocycles. The molecular formula is C62H104N8. The topological polar surface area (TPSA) is 64.5 Å². The van der Waals surface area contributed by atoms with Gasteiger partial charge >= 0.3 is 0 Å². The SMILES string of the molecule is C.C.CC(C)(C)C1c2cccnc2CN1C(C)(C)C.CC(C)(C)C1c2ccncc2CN1C(C)(C)C.CC(C)(C)C1c2cnccc2CN1C(C)(C)C.CC(C)(C)C1c2ncccc2CN1C(C)(C)C. The molecule has 0 aliphatic carbocycles. The summed E-state index contributed by atoms with van der Waals surface area (Å²) in [6, 6.07) is 14.7. The van der Waals surface area contributed by atoms with Crippen LogP contribution in [0.5, 0.6) is 0 Å². The minimum absolute atomic E-state index is 0. The highest BCUT2D eigenvalue weighted by molar-refractivity contribution is 5.35. The normalized spacial score (nSPS) is 21.0. The van der Waals surface area contributed by atoms with Gasteiger partial charge in [0.15, 0.2) is 0 Å². The molecule has 0 saturated heterocycles. The molecule has 392 valence electrons. The van der Waals surface area contributed by atoms with Crippen molar-refractivity contribution in [1.29, 1.82) is 0 Å². The lowest BCUT2D eigenvalue weighted by Gasteiger charge is -2.43. The Labute approximate surface area is 431 Å². The molecule has 8 heteroatoms. The Morgan fingerprint density at radius 1 is 0.357 bits per heavy atom. The number of fused-ring (bicyclic) bond motifs is 4.